The highest BCUT2D eigenvalue weighted by atomic mass is 35.5. The molecule has 1 aromatic rings. The molecule has 74 valence electrons. The van der Waals surface area contributed by atoms with Gasteiger partial charge < -0.3 is 14.5 Å². The molecule has 0 amide bonds. The van der Waals surface area contributed by atoms with Crippen LogP contribution in [0.1, 0.15) is 12.3 Å². The van der Waals surface area contributed by atoms with Gasteiger partial charge in [-0.1, -0.05) is 5.10 Å². The van der Waals surface area contributed by atoms with E-state index in [2.05, 4.69) is 15.5 Å². The zero-order valence-corrected chi connectivity index (χ0v) is 8.17. The van der Waals surface area contributed by atoms with E-state index in [0.29, 0.717) is 18.5 Å². The van der Waals surface area contributed by atoms with Crippen molar-refractivity contribution < 1.29 is 9.15 Å². The Kier molecular flexibility index (Phi) is 4.56. The molecule has 0 aliphatic heterocycles. The summed E-state index contributed by atoms with van der Waals surface area (Å²) >= 11 is 5.48. The number of anilines is 1. The van der Waals surface area contributed by atoms with Crippen molar-refractivity contribution in [3.8, 4) is 0 Å². The van der Waals surface area contributed by atoms with Gasteiger partial charge in [-0.3, -0.25) is 0 Å². The van der Waals surface area contributed by atoms with E-state index >= 15 is 0 Å². The lowest BCUT2D eigenvalue weighted by molar-refractivity contribution is 0.197. The first-order valence-corrected chi connectivity index (χ1v) is 4.51. The molecule has 0 aliphatic carbocycles. The third kappa shape index (κ3) is 3.61. The van der Waals surface area contributed by atoms with Gasteiger partial charge in [0.25, 0.3) is 0 Å². The number of alkyl halides is 1. The van der Waals surface area contributed by atoms with E-state index in [1.165, 1.54) is 0 Å². The molecule has 0 unspecified atom stereocenters. The maximum absolute atomic E-state index is 5.48. The largest absolute Gasteiger partial charge is 0.407 e. The molecule has 0 fully saturated rings. The van der Waals surface area contributed by atoms with E-state index in [0.717, 1.165) is 13.0 Å². The summed E-state index contributed by atoms with van der Waals surface area (Å²) in [6, 6.07) is 0.409. The van der Waals surface area contributed by atoms with Crippen molar-refractivity contribution in [1.29, 1.82) is 0 Å². The average Bonchev–Trinajstić information content (AvgIpc) is 2.60. The molecule has 1 aromatic heterocycles. The van der Waals surface area contributed by atoms with E-state index in [1.807, 2.05) is 0 Å². The summed E-state index contributed by atoms with van der Waals surface area (Å²) in [6.45, 7) is 1.46. The van der Waals surface area contributed by atoms with E-state index in [9.17, 15) is 0 Å². The molecule has 0 aromatic carbocycles. The average molecular weight is 206 g/mol. The van der Waals surface area contributed by atoms with E-state index in [4.69, 9.17) is 20.8 Å². The Morgan fingerprint density at radius 2 is 2.38 bits per heavy atom. The highest BCUT2D eigenvalue weighted by Gasteiger charge is 2.02. The van der Waals surface area contributed by atoms with Crippen molar-refractivity contribution in [3.05, 3.63) is 5.89 Å². The van der Waals surface area contributed by atoms with Crippen LogP contribution in [-0.4, -0.2) is 30.5 Å². The number of ether oxygens (including phenoxy) is 1. The van der Waals surface area contributed by atoms with Crippen molar-refractivity contribution in [1.82, 2.24) is 10.2 Å². The minimum Gasteiger partial charge on any atom is -0.407 e. The standard InChI is InChI=1S/C7H12ClN3O2/c1-12-4-2-3-9-7-11-10-6(5-8)13-7/h2-5H2,1H3,(H,9,11). The lowest BCUT2D eigenvalue weighted by atomic mass is 10.4. The van der Waals surface area contributed by atoms with Gasteiger partial charge in [0, 0.05) is 20.3 Å². The minimum absolute atomic E-state index is 0.243. The van der Waals surface area contributed by atoms with Crippen LogP contribution in [0.4, 0.5) is 6.01 Å². The van der Waals surface area contributed by atoms with Crippen LogP contribution in [0.15, 0.2) is 4.42 Å². The van der Waals surface area contributed by atoms with Crippen LogP contribution in [-0.2, 0) is 10.6 Å². The third-order valence-electron chi connectivity index (χ3n) is 1.38. The fourth-order valence-corrected chi connectivity index (χ4v) is 0.899. The predicted octanol–water partition coefficient (Wildman–Crippen LogP) is 1.26. The Labute approximate surface area is 81.4 Å². The summed E-state index contributed by atoms with van der Waals surface area (Å²) in [5.41, 5.74) is 0. The summed E-state index contributed by atoms with van der Waals surface area (Å²) in [5.74, 6) is 0.670. The van der Waals surface area contributed by atoms with Crippen LogP contribution in [0.25, 0.3) is 0 Å². The second-order valence-electron chi connectivity index (χ2n) is 2.41. The number of nitrogens with one attached hydrogen (secondary N) is 1. The van der Waals surface area contributed by atoms with Gasteiger partial charge in [0.1, 0.15) is 5.88 Å². The van der Waals surface area contributed by atoms with Crippen molar-refractivity contribution in [2.45, 2.75) is 12.3 Å². The first kappa shape index (κ1) is 10.3. The maximum Gasteiger partial charge on any atom is 0.315 e. The second-order valence-corrected chi connectivity index (χ2v) is 2.67. The van der Waals surface area contributed by atoms with Gasteiger partial charge in [0.2, 0.25) is 5.89 Å². The fourth-order valence-electron chi connectivity index (χ4n) is 0.791. The number of hydrogen-bond acceptors (Lipinski definition) is 5. The molecular weight excluding hydrogens is 194 g/mol. The molecule has 1 heterocycles. The summed E-state index contributed by atoms with van der Waals surface area (Å²) in [5, 5.41) is 10.4. The van der Waals surface area contributed by atoms with Crippen molar-refractivity contribution in [2.75, 3.05) is 25.6 Å². The molecule has 0 aliphatic rings. The fraction of sp³-hybridized carbons (Fsp3) is 0.714. The number of methoxy groups -OCH3 is 1. The van der Waals surface area contributed by atoms with Crippen LogP contribution in [0.2, 0.25) is 0 Å². The predicted molar refractivity (Wildman–Crippen MR) is 48.8 cm³/mol. The Hall–Kier alpha value is -0.810. The Morgan fingerprint density at radius 1 is 1.54 bits per heavy atom. The Morgan fingerprint density at radius 3 is 3.00 bits per heavy atom. The topological polar surface area (TPSA) is 60.2 Å². The molecule has 0 spiro atoms. The maximum atomic E-state index is 5.48. The van der Waals surface area contributed by atoms with Crippen molar-refractivity contribution >= 4 is 17.6 Å². The Balaban J connectivity index is 2.20. The molecule has 6 heteroatoms. The summed E-state index contributed by atoms with van der Waals surface area (Å²) in [6.07, 6.45) is 0.898. The molecule has 1 N–H and O–H groups in total. The molecule has 13 heavy (non-hydrogen) atoms. The number of nitrogens with zero attached hydrogens (tertiary/aromatic N) is 2. The molecule has 0 bridgehead atoms. The number of halogens is 1. The molecule has 0 radical (unpaired) electrons. The van der Waals surface area contributed by atoms with E-state index in [1.54, 1.807) is 7.11 Å². The highest BCUT2D eigenvalue weighted by molar-refractivity contribution is 6.16. The van der Waals surface area contributed by atoms with Crippen LogP contribution in [0.5, 0.6) is 0 Å². The lowest BCUT2D eigenvalue weighted by Crippen LogP contribution is -2.04. The van der Waals surface area contributed by atoms with Crippen LogP contribution in [0, 0.1) is 0 Å². The quantitative estimate of drug-likeness (QED) is 0.560. The Bertz CT molecular complexity index is 241. The van der Waals surface area contributed by atoms with Gasteiger partial charge in [-0.25, -0.2) is 0 Å². The van der Waals surface area contributed by atoms with Gasteiger partial charge in [-0.15, -0.1) is 16.7 Å². The normalized spacial score (nSPS) is 10.3. The minimum atomic E-state index is 0.243. The molecule has 1 rings (SSSR count). The number of hydrogen-bond donors (Lipinski definition) is 1. The van der Waals surface area contributed by atoms with Gasteiger partial charge in [0.05, 0.1) is 0 Å². The second kappa shape index (κ2) is 5.77. The van der Waals surface area contributed by atoms with Gasteiger partial charge in [-0.2, -0.15) is 0 Å². The van der Waals surface area contributed by atoms with Crippen molar-refractivity contribution in [2.24, 2.45) is 0 Å². The molecule has 0 atom stereocenters. The van der Waals surface area contributed by atoms with Gasteiger partial charge >= 0.3 is 6.01 Å². The van der Waals surface area contributed by atoms with Crippen LogP contribution < -0.4 is 5.32 Å². The molecular formula is C7H12ClN3O2. The smallest absolute Gasteiger partial charge is 0.315 e. The summed E-state index contributed by atoms with van der Waals surface area (Å²) < 4.78 is 9.99. The lowest BCUT2D eigenvalue weighted by Gasteiger charge is -1.99. The van der Waals surface area contributed by atoms with Crippen LogP contribution in [0.3, 0.4) is 0 Å². The van der Waals surface area contributed by atoms with Crippen molar-refractivity contribution in [3.63, 3.8) is 0 Å². The molecule has 5 nitrogen and oxygen atoms in total. The molecule has 0 saturated carbocycles. The zero-order chi connectivity index (χ0) is 9.52. The van der Waals surface area contributed by atoms with Crippen LogP contribution >= 0.6 is 11.6 Å². The number of aromatic nitrogens is 2. The van der Waals surface area contributed by atoms with E-state index in [-0.39, 0.29) is 5.88 Å². The summed E-state index contributed by atoms with van der Waals surface area (Å²) in [7, 11) is 1.66. The highest BCUT2D eigenvalue weighted by Crippen LogP contribution is 2.06. The van der Waals surface area contributed by atoms with E-state index < -0.39 is 0 Å². The SMILES string of the molecule is COCCCNc1nnc(CCl)o1. The first-order valence-electron chi connectivity index (χ1n) is 3.98. The zero-order valence-electron chi connectivity index (χ0n) is 7.42. The van der Waals surface area contributed by atoms with Gasteiger partial charge in [0.15, 0.2) is 0 Å². The molecule has 0 saturated heterocycles. The third-order valence-corrected chi connectivity index (χ3v) is 1.61. The number of rotatable bonds is 6. The van der Waals surface area contributed by atoms with Gasteiger partial charge in [-0.05, 0) is 6.42 Å². The monoisotopic (exact) mass is 205 g/mol. The summed E-state index contributed by atoms with van der Waals surface area (Å²) in [4.78, 5) is 0. The first-order chi connectivity index (χ1) is 6.36.